The summed E-state index contributed by atoms with van der Waals surface area (Å²) in [5.74, 6) is 2.29. The third-order valence-electron chi connectivity index (χ3n) is 4.08. The van der Waals surface area contributed by atoms with Crippen molar-refractivity contribution < 1.29 is 14.2 Å². The summed E-state index contributed by atoms with van der Waals surface area (Å²) >= 11 is 0. The van der Waals surface area contributed by atoms with Crippen molar-refractivity contribution in [3.05, 3.63) is 83.6 Å². The molecule has 0 N–H and O–H groups in total. The Hall–Kier alpha value is -3.27. The van der Waals surface area contributed by atoms with E-state index >= 15 is 0 Å². The molecular formula is C25H27NO3. The summed E-state index contributed by atoms with van der Waals surface area (Å²) in [6.45, 7) is 6.58. The predicted octanol–water partition coefficient (Wildman–Crippen LogP) is 6.02. The molecule has 0 fully saturated rings. The van der Waals surface area contributed by atoms with E-state index in [0.29, 0.717) is 12.5 Å². The fourth-order valence-corrected chi connectivity index (χ4v) is 2.68. The Balaban J connectivity index is 1.60. The van der Waals surface area contributed by atoms with Crippen LogP contribution in [0.2, 0.25) is 0 Å². The smallest absolute Gasteiger partial charge is 0.214 e. The van der Waals surface area contributed by atoms with Crippen LogP contribution in [-0.4, -0.2) is 17.7 Å². The van der Waals surface area contributed by atoms with Crippen LogP contribution in [0.5, 0.6) is 17.4 Å². The molecule has 1 heterocycles. The zero-order valence-electron chi connectivity index (χ0n) is 17.4. The largest absolute Gasteiger partial charge is 0.497 e. The highest BCUT2D eigenvalue weighted by Gasteiger charge is 2.11. The Kier molecular flexibility index (Phi) is 6.55. The monoisotopic (exact) mass is 389 g/mol. The van der Waals surface area contributed by atoms with Crippen LogP contribution < -0.4 is 14.2 Å². The molecule has 3 rings (SSSR count). The second-order valence-electron chi connectivity index (χ2n) is 7.68. The van der Waals surface area contributed by atoms with Gasteiger partial charge in [0.25, 0.3) is 0 Å². The Morgan fingerprint density at radius 1 is 0.828 bits per heavy atom. The van der Waals surface area contributed by atoms with E-state index in [-0.39, 0.29) is 5.60 Å². The molecule has 0 unspecified atom stereocenters. The van der Waals surface area contributed by atoms with Crippen LogP contribution in [0, 0.1) is 0 Å². The van der Waals surface area contributed by atoms with Gasteiger partial charge in [-0.25, -0.2) is 4.98 Å². The van der Waals surface area contributed by atoms with Crippen LogP contribution in [-0.2, 0) is 6.61 Å². The summed E-state index contributed by atoms with van der Waals surface area (Å²) in [5, 5.41) is 0. The normalized spacial score (nSPS) is 11.4. The molecule has 0 saturated carbocycles. The van der Waals surface area contributed by atoms with Crippen molar-refractivity contribution in [2.45, 2.75) is 33.0 Å². The molecule has 4 heteroatoms. The van der Waals surface area contributed by atoms with Gasteiger partial charge in [0.1, 0.15) is 23.7 Å². The van der Waals surface area contributed by atoms with Crippen LogP contribution in [0.4, 0.5) is 0 Å². The summed E-state index contributed by atoms with van der Waals surface area (Å²) in [5.41, 5.74) is 2.99. The molecule has 150 valence electrons. The fraction of sp³-hybridized carbons (Fsp3) is 0.240. The van der Waals surface area contributed by atoms with Gasteiger partial charge < -0.3 is 14.2 Å². The first-order valence-corrected chi connectivity index (χ1v) is 9.60. The minimum atomic E-state index is -0.198. The lowest BCUT2D eigenvalue weighted by atomic mass is 10.1. The standard InChI is InChI=1S/C25H27NO3/c1-25(2,3)29-23-13-7-19(8-14-23)5-6-20-15-16-26-24(17-20)28-18-21-9-11-22(27-4)12-10-21/h5-17H,18H2,1-4H3/b6-5+. The molecule has 2 aromatic carbocycles. The lowest BCUT2D eigenvalue weighted by Crippen LogP contribution is -2.22. The molecule has 0 atom stereocenters. The van der Waals surface area contributed by atoms with Gasteiger partial charge in [0, 0.05) is 12.3 Å². The highest BCUT2D eigenvalue weighted by atomic mass is 16.5. The van der Waals surface area contributed by atoms with E-state index < -0.39 is 0 Å². The fourth-order valence-electron chi connectivity index (χ4n) is 2.68. The molecule has 4 nitrogen and oxygen atoms in total. The van der Waals surface area contributed by atoms with E-state index in [1.165, 1.54) is 0 Å². The number of aromatic nitrogens is 1. The van der Waals surface area contributed by atoms with Crippen molar-refractivity contribution in [3.63, 3.8) is 0 Å². The van der Waals surface area contributed by atoms with Gasteiger partial charge in [-0.1, -0.05) is 36.4 Å². The number of hydrogen-bond acceptors (Lipinski definition) is 4. The van der Waals surface area contributed by atoms with E-state index in [1.54, 1.807) is 13.3 Å². The van der Waals surface area contributed by atoms with E-state index in [9.17, 15) is 0 Å². The topological polar surface area (TPSA) is 40.6 Å². The number of benzene rings is 2. The highest BCUT2D eigenvalue weighted by molar-refractivity contribution is 5.70. The van der Waals surface area contributed by atoms with Crippen molar-refractivity contribution in [3.8, 4) is 17.4 Å². The average Bonchev–Trinajstić information content (AvgIpc) is 2.71. The van der Waals surface area contributed by atoms with Crippen LogP contribution in [0.1, 0.15) is 37.5 Å². The first-order valence-electron chi connectivity index (χ1n) is 9.60. The zero-order valence-corrected chi connectivity index (χ0v) is 17.4. The van der Waals surface area contributed by atoms with E-state index in [0.717, 1.165) is 28.2 Å². The minimum Gasteiger partial charge on any atom is -0.497 e. The molecule has 0 aliphatic rings. The first-order chi connectivity index (χ1) is 13.9. The van der Waals surface area contributed by atoms with Gasteiger partial charge >= 0.3 is 0 Å². The van der Waals surface area contributed by atoms with Crippen molar-refractivity contribution in [2.75, 3.05) is 7.11 Å². The van der Waals surface area contributed by atoms with Crippen molar-refractivity contribution in [1.82, 2.24) is 4.98 Å². The molecule has 0 spiro atoms. The average molecular weight is 389 g/mol. The summed E-state index contributed by atoms with van der Waals surface area (Å²) in [4.78, 5) is 4.29. The maximum absolute atomic E-state index is 5.86. The number of methoxy groups -OCH3 is 1. The second-order valence-corrected chi connectivity index (χ2v) is 7.68. The van der Waals surface area contributed by atoms with Crippen LogP contribution in [0.3, 0.4) is 0 Å². The molecule has 0 saturated heterocycles. The first kappa shape index (κ1) is 20.5. The molecule has 0 amide bonds. The Morgan fingerprint density at radius 2 is 1.48 bits per heavy atom. The highest BCUT2D eigenvalue weighted by Crippen LogP contribution is 2.20. The van der Waals surface area contributed by atoms with Gasteiger partial charge in [0.15, 0.2) is 0 Å². The molecule has 0 aliphatic heterocycles. The number of ether oxygens (including phenoxy) is 3. The second kappa shape index (κ2) is 9.28. The maximum atomic E-state index is 5.86. The summed E-state index contributed by atoms with van der Waals surface area (Å²) in [6, 6.07) is 19.7. The molecule has 0 radical (unpaired) electrons. The lowest BCUT2D eigenvalue weighted by molar-refractivity contribution is 0.131. The van der Waals surface area contributed by atoms with E-state index in [4.69, 9.17) is 14.2 Å². The Bertz CT molecular complexity index is 939. The van der Waals surface area contributed by atoms with Crippen LogP contribution in [0.15, 0.2) is 66.9 Å². The van der Waals surface area contributed by atoms with Crippen LogP contribution >= 0.6 is 0 Å². The third kappa shape index (κ3) is 6.68. The Morgan fingerprint density at radius 3 is 2.14 bits per heavy atom. The van der Waals surface area contributed by atoms with Gasteiger partial charge in [-0.05, 0) is 67.8 Å². The van der Waals surface area contributed by atoms with Gasteiger partial charge in [-0.3, -0.25) is 0 Å². The molecule has 0 aliphatic carbocycles. The number of nitrogens with zero attached hydrogens (tertiary/aromatic N) is 1. The predicted molar refractivity (Wildman–Crippen MR) is 117 cm³/mol. The van der Waals surface area contributed by atoms with Gasteiger partial charge in [0.2, 0.25) is 5.88 Å². The summed E-state index contributed by atoms with van der Waals surface area (Å²) in [7, 11) is 1.66. The quantitative estimate of drug-likeness (QED) is 0.496. The summed E-state index contributed by atoms with van der Waals surface area (Å²) < 4.78 is 16.8. The third-order valence-corrected chi connectivity index (χ3v) is 4.08. The van der Waals surface area contributed by atoms with Gasteiger partial charge in [0.05, 0.1) is 7.11 Å². The summed E-state index contributed by atoms with van der Waals surface area (Å²) in [6.07, 6.45) is 5.86. The Labute approximate surface area is 172 Å². The van der Waals surface area contributed by atoms with Crippen LogP contribution in [0.25, 0.3) is 12.2 Å². The van der Waals surface area contributed by atoms with Crippen molar-refractivity contribution in [2.24, 2.45) is 0 Å². The molecule has 0 bridgehead atoms. The zero-order chi connectivity index (χ0) is 20.7. The molecule has 29 heavy (non-hydrogen) atoms. The van der Waals surface area contributed by atoms with E-state index in [2.05, 4.69) is 11.1 Å². The SMILES string of the molecule is COc1ccc(COc2cc(/C=C/c3ccc(OC(C)(C)C)cc3)ccn2)cc1. The maximum Gasteiger partial charge on any atom is 0.214 e. The van der Waals surface area contributed by atoms with Gasteiger partial charge in [-0.15, -0.1) is 0 Å². The number of pyridine rings is 1. The molecule has 3 aromatic rings. The lowest BCUT2D eigenvalue weighted by Gasteiger charge is -2.21. The van der Waals surface area contributed by atoms with Crippen molar-refractivity contribution in [1.29, 1.82) is 0 Å². The number of rotatable bonds is 7. The minimum absolute atomic E-state index is 0.198. The van der Waals surface area contributed by atoms with Crippen molar-refractivity contribution >= 4 is 12.2 Å². The molecule has 1 aromatic heterocycles. The van der Waals surface area contributed by atoms with Gasteiger partial charge in [-0.2, -0.15) is 0 Å². The molecular weight excluding hydrogens is 362 g/mol. The van der Waals surface area contributed by atoms with E-state index in [1.807, 2.05) is 87.5 Å². The number of hydrogen-bond donors (Lipinski definition) is 0.